The Bertz CT molecular complexity index is 465. The Morgan fingerprint density at radius 3 is 2.81 bits per heavy atom. The normalized spacial score (nSPS) is 22.3. The highest BCUT2D eigenvalue weighted by Crippen LogP contribution is 2.37. The Kier molecular flexibility index (Phi) is 5.15. The number of benzene rings is 1. The molecule has 3 nitrogen and oxygen atoms in total. The molecule has 116 valence electrons. The van der Waals surface area contributed by atoms with Crippen molar-refractivity contribution in [3.8, 4) is 0 Å². The minimum Gasteiger partial charge on any atom is -0.445 e. The Labute approximate surface area is 123 Å². The summed E-state index contributed by atoms with van der Waals surface area (Å²) in [7, 11) is 0. The fraction of sp³-hybridized carbons (Fsp3) is 0.562. The van der Waals surface area contributed by atoms with E-state index in [9.17, 15) is 13.6 Å². The molecular weight excluding hydrogens is 276 g/mol. The summed E-state index contributed by atoms with van der Waals surface area (Å²) in [5.41, 5.74) is 0.893. The molecule has 0 bridgehead atoms. The van der Waals surface area contributed by atoms with Gasteiger partial charge in [0.15, 0.2) is 0 Å². The lowest BCUT2D eigenvalue weighted by molar-refractivity contribution is -0.0570. The van der Waals surface area contributed by atoms with Gasteiger partial charge >= 0.3 is 6.09 Å². The molecule has 0 radical (unpaired) electrons. The molecule has 5 heteroatoms. The van der Waals surface area contributed by atoms with E-state index in [2.05, 4.69) is 5.32 Å². The van der Waals surface area contributed by atoms with Crippen LogP contribution in [0.15, 0.2) is 30.3 Å². The maximum absolute atomic E-state index is 13.4. The van der Waals surface area contributed by atoms with Gasteiger partial charge in [-0.3, -0.25) is 0 Å². The first-order chi connectivity index (χ1) is 9.96. The van der Waals surface area contributed by atoms with Crippen LogP contribution in [0.1, 0.15) is 38.2 Å². The van der Waals surface area contributed by atoms with Crippen molar-refractivity contribution in [3.05, 3.63) is 35.9 Å². The molecule has 0 saturated heterocycles. The number of carbonyl (C=O) groups is 1. The molecule has 21 heavy (non-hydrogen) atoms. The van der Waals surface area contributed by atoms with Crippen molar-refractivity contribution >= 4 is 6.09 Å². The number of rotatable bonds is 4. The average Bonchev–Trinajstić information content (AvgIpc) is 2.45. The molecule has 2 rings (SSSR count). The molecule has 0 spiro atoms. The third-order valence-electron chi connectivity index (χ3n) is 3.94. The van der Waals surface area contributed by atoms with Gasteiger partial charge in [0.1, 0.15) is 6.61 Å². The first kappa shape index (κ1) is 15.7. The lowest BCUT2D eigenvalue weighted by Gasteiger charge is -2.32. The maximum Gasteiger partial charge on any atom is 0.407 e. The van der Waals surface area contributed by atoms with Gasteiger partial charge in [0, 0.05) is 18.9 Å². The number of nitrogens with one attached hydrogen (secondary N) is 1. The van der Waals surface area contributed by atoms with Gasteiger partial charge in [0.25, 0.3) is 0 Å². The number of halogens is 2. The van der Waals surface area contributed by atoms with Gasteiger partial charge in [-0.15, -0.1) is 0 Å². The molecule has 0 aliphatic heterocycles. The molecule has 1 aliphatic rings. The maximum atomic E-state index is 13.4. The second-order valence-electron chi connectivity index (χ2n) is 5.71. The van der Waals surface area contributed by atoms with E-state index in [-0.39, 0.29) is 31.4 Å². The molecule has 1 aliphatic carbocycles. The molecule has 1 saturated carbocycles. The molecular formula is C16H21F2NO2. The summed E-state index contributed by atoms with van der Waals surface area (Å²) < 4.78 is 31.9. The number of hydrogen-bond acceptors (Lipinski definition) is 2. The zero-order valence-electron chi connectivity index (χ0n) is 12.1. The van der Waals surface area contributed by atoms with Crippen LogP contribution in [0, 0.1) is 5.92 Å². The standard InChI is InChI=1S/C16H21F2NO2/c1-12(14-8-5-9-16(17,18)10-14)19-15(20)21-11-13-6-3-2-4-7-13/h2-4,6-7,12,14H,5,8-11H2,1H3,(H,19,20). The highest BCUT2D eigenvalue weighted by Gasteiger charge is 2.38. The second-order valence-corrected chi connectivity index (χ2v) is 5.71. The van der Waals surface area contributed by atoms with Crippen LogP contribution in [0.25, 0.3) is 0 Å². The van der Waals surface area contributed by atoms with E-state index in [0.717, 1.165) is 12.0 Å². The lowest BCUT2D eigenvalue weighted by Crippen LogP contribution is -2.42. The summed E-state index contributed by atoms with van der Waals surface area (Å²) in [5, 5.41) is 2.66. The first-order valence-electron chi connectivity index (χ1n) is 7.31. The minimum absolute atomic E-state index is 0.0470. The van der Waals surface area contributed by atoms with Crippen molar-refractivity contribution in [3.63, 3.8) is 0 Å². The van der Waals surface area contributed by atoms with Crippen LogP contribution >= 0.6 is 0 Å². The summed E-state index contributed by atoms with van der Waals surface area (Å²) >= 11 is 0. The molecule has 1 aromatic carbocycles. The van der Waals surface area contributed by atoms with E-state index in [1.165, 1.54) is 0 Å². The van der Waals surface area contributed by atoms with Crippen molar-refractivity contribution in [2.45, 2.75) is 51.2 Å². The Morgan fingerprint density at radius 1 is 1.43 bits per heavy atom. The summed E-state index contributed by atoms with van der Waals surface area (Å²) in [4.78, 5) is 11.7. The van der Waals surface area contributed by atoms with Gasteiger partial charge in [0.05, 0.1) is 0 Å². The van der Waals surface area contributed by atoms with Gasteiger partial charge in [-0.05, 0) is 31.2 Å². The SMILES string of the molecule is CC(NC(=O)OCc1ccccc1)C1CCCC(F)(F)C1. The van der Waals surface area contributed by atoms with E-state index in [4.69, 9.17) is 4.74 Å². The molecule has 1 fully saturated rings. The molecule has 0 aromatic heterocycles. The molecule has 1 amide bonds. The third kappa shape index (κ3) is 4.99. The van der Waals surface area contributed by atoms with Gasteiger partial charge < -0.3 is 10.1 Å². The zero-order chi connectivity index (χ0) is 15.3. The quantitative estimate of drug-likeness (QED) is 0.907. The van der Waals surface area contributed by atoms with Gasteiger partial charge in [-0.25, -0.2) is 13.6 Å². The number of ether oxygens (including phenoxy) is 1. The van der Waals surface area contributed by atoms with Crippen LogP contribution in [-0.2, 0) is 11.3 Å². The van der Waals surface area contributed by atoms with Crippen molar-refractivity contribution in [1.82, 2.24) is 5.32 Å². The number of hydrogen-bond donors (Lipinski definition) is 1. The largest absolute Gasteiger partial charge is 0.445 e. The predicted octanol–water partition coefficient (Wildman–Crippen LogP) is 4.13. The van der Waals surface area contributed by atoms with Crippen molar-refractivity contribution in [2.24, 2.45) is 5.92 Å². The van der Waals surface area contributed by atoms with Crippen molar-refractivity contribution in [1.29, 1.82) is 0 Å². The number of alkyl halides is 2. The second kappa shape index (κ2) is 6.87. The number of amides is 1. The minimum atomic E-state index is -2.60. The van der Waals surface area contributed by atoms with E-state index in [1.54, 1.807) is 6.92 Å². The lowest BCUT2D eigenvalue weighted by atomic mass is 9.82. The molecule has 2 atom stereocenters. The van der Waals surface area contributed by atoms with Crippen molar-refractivity contribution in [2.75, 3.05) is 0 Å². The number of carbonyl (C=O) groups excluding carboxylic acids is 1. The Hall–Kier alpha value is -1.65. The molecule has 2 unspecified atom stereocenters. The topological polar surface area (TPSA) is 38.3 Å². The fourth-order valence-corrected chi connectivity index (χ4v) is 2.71. The highest BCUT2D eigenvalue weighted by molar-refractivity contribution is 5.67. The van der Waals surface area contributed by atoms with Crippen LogP contribution < -0.4 is 5.32 Å². The first-order valence-corrected chi connectivity index (χ1v) is 7.31. The van der Waals surface area contributed by atoms with Gasteiger partial charge in [0.2, 0.25) is 5.92 Å². The zero-order valence-corrected chi connectivity index (χ0v) is 12.1. The Balaban J connectivity index is 1.77. The summed E-state index contributed by atoms with van der Waals surface area (Å²) in [6, 6.07) is 9.03. The monoisotopic (exact) mass is 297 g/mol. The predicted molar refractivity (Wildman–Crippen MR) is 76.1 cm³/mol. The summed E-state index contributed by atoms with van der Waals surface area (Å²) in [5.74, 6) is -2.80. The smallest absolute Gasteiger partial charge is 0.407 e. The van der Waals surface area contributed by atoms with E-state index >= 15 is 0 Å². The van der Waals surface area contributed by atoms with Crippen LogP contribution in [0.5, 0.6) is 0 Å². The summed E-state index contributed by atoms with van der Waals surface area (Å²) in [6.07, 6.45) is 0.459. The van der Waals surface area contributed by atoms with Crippen LogP contribution in [0.2, 0.25) is 0 Å². The molecule has 1 aromatic rings. The molecule has 1 N–H and O–H groups in total. The Morgan fingerprint density at radius 2 is 2.14 bits per heavy atom. The fourth-order valence-electron chi connectivity index (χ4n) is 2.71. The van der Waals surface area contributed by atoms with Crippen LogP contribution in [0.3, 0.4) is 0 Å². The van der Waals surface area contributed by atoms with Crippen LogP contribution in [0.4, 0.5) is 13.6 Å². The van der Waals surface area contributed by atoms with Gasteiger partial charge in [-0.1, -0.05) is 30.3 Å². The van der Waals surface area contributed by atoms with E-state index in [0.29, 0.717) is 6.42 Å². The van der Waals surface area contributed by atoms with Crippen LogP contribution in [-0.4, -0.2) is 18.1 Å². The van der Waals surface area contributed by atoms with Crippen molar-refractivity contribution < 1.29 is 18.3 Å². The summed E-state index contributed by atoms with van der Waals surface area (Å²) in [6.45, 7) is 1.94. The van der Waals surface area contributed by atoms with Gasteiger partial charge in [-0.2, -0.15) is 0 Å². The third-order valence-corrected chi connectivity index (χ3v) is 3.94. The van der Waals surface area contributed by atoms with E-state index < -0.39 is 12.0 Å². The average molecular weight is 297 g/mol. The van der Waals surface area contributed by atoms with E-state index in [1.807, 2.05) is 30.3 Å². The molecule has 0 heterocycles. The highest BCUT2D eigenvalue weighted by atomic mass is 19.3. The number of alkyl carbamates (subject to hydrolysis) is 1.